The molecule has 4 heteroatoms. The number of nitrogens with zero attached hydrogens (tertiary/aromatic N) is 1. The fourth-order valence-electron chi connectivity index (χ4n) is 2.94. The molecule has 2 N–H and O–H groups in total. The van der Waals surface area contributed by atoms with Crippen molar-refractivity contribution in [2.24, 2.45) is 11.1 Å². The monoisotopic (exact) mass is 352 g/mol. The van der Waals surface area contributed by atoms with Crippen LogP contribution in [0.1, 0.15) is 39.7 Å². The molecule has 0 aliphatic carbocycles. The summed E-state index contributed by atoms with van der Waals surface area (Å²) in [5.41, 5.74) is 6.65. The number of hydrogen-bond donors (Lipinski definition) is 1. The third kappa shape index (κ3) is 3.32. The lowest BCUT2D eigenvalue weighted by Crippen LogP contribution is -2.56. The summed E-state index contributed by atoms with van der Waals surface area (Å²) in [5.74, 6) is 0.181. The maximum atomic E-state index is 13.0. The van der Waals surface area contributed by atoms with Crippen molar-refractivity contribution < 1.29 is 4.79 Å². The summed E-state index contributed by atoms with van der Waals surface area (Å²) >= 11 is 3.48. The summed E-state index contributed by atoms with van der Waals surface area (Å²) in [5, 5.41) is 0. The van der Waals surface area contributed by atoms with Gasteiger partial charge in [-0.15, -0.1) is 0 Å². The molecule has 2 rings (SSSR count). The van der Waals surface area contributed by atoms with Gasteiger partial charge in [-0.3, -0.25) is 4.79 Å². The van der Waals surface area contributed by atoms with E-state index in [0.717, 1.165) is 29.5 Å². The van der Waals surface area contributed by atoms with Gasteiger partial charge in [-0.1, -0.05) is 41.9 Å². The molecular weight excluding hydrogens is 328 g/mol. The molecule has 1 aliphatic rings. The zero-order valence-electron chi connectivity index (χ0n) is 13.3. The predicted molar refractivity (Wildman–Crippen MR) is 90.1 cm³/mol. The third-order valence-corrected chi connectivity index (χ3v) is 5.17. The number of piperidine rings is 1. The van der Waals surface area contributed by atoms with E-state index in [2.05, 4.69) is 29.8 Å². The van der Waals surface area contributed by atoms with Crippen LogP contribution in [0.15, 0.2) is 28.7 Å². The Bertz CT molecular complexity index is 539. The van der Waals surface area contributed by atoms with Crippen molar-refractivity contribution in [3.8, 4) is 0 Å². The lowest BCUT2D eigenvalue weighted by molar-refractivity contribution is -0.139. The minimum atomic E-state index is -0.526. The highest BCUT2D eigenvalue weighted by atomic mass is 79.9. The molecular formula is C17H25BrN2O. The number of likely N-dealkylation sites (tertiary alicyclic amines) is 1. The number of halogens is 1. The number of nitrogens with two attached hydrogens (primary N) is 1. The van der Waals surface area contributed by atoms with Crippen LogP contribution in [0.5, 0.6) is 0 Å². The summed E-state index contributed by atoms with van der Waals surface area (Å²) < 4.78 is 1.00. The highest BCUT2D eigenvalue weighted by Crippen LogP contribution is 2.33. The first-order valence-electron chi connectivity index (χ1n) is 7.45. The van der Waals surface area contributed by atoms with Gasteiger partial charge in [0.15, 0.2) is 0 Å². The molecule has 1 aromatic carbocycles. The number of carbonyl (C=O) groups is 1. The maximum Gasteiger partial charge on any atom is 0.232 e. The standard InChI is InChI=1S/C17H25BrN2O/c1-16(2)11-20(9-8-14(16)19)15(21)17(3,4)12-6-5-7-13(18)10-12/h5-7,10,14H,8-9,11,19H2,1-4H3. The molecule has 0 spiro atoms. The second-order valence-electron chi connectivity index (χ2n) is 7.25. The van der Waals surface area contributed by atoms with Gasteiger partial charge in [0.25, 0.3) is 0 Å². The van der Waals surface area contributed by atoms with E-state index in [1.54, 1.807) is 0 Å². The summed E-state index contributed by atoms with van der Waals surface area (Å²) in [6.07, 6.45) is 0.868. The summed E-state index contributed by atoms with van der Waals surface area (Å²) in [4.78, 5) is 15.0. The van der Waals surface area contributed by atoms with Crippen LogP contribution in [0.2, 0.25) is 0 Å². The van der Waals surface area contributed by atoms with E-state index in [1.165, 1.54) is 0 Å². The normalized spacial score (nSPS) is 22.2. The summed E-state index contributed by atoms with van der Waals surface area (Å²) in [6.45, 7) is 9.76. The largest absolute Gasteiger partial charge is 0.341 e. The van der Waals surface area contributed by atoms with Crippen LogP contribution in [0.4, 0.5) is 0 Å². The van der Waals surface area contributed by atoms with E-state index in [0.29, 0.717) is 0 Å². The van der Waals surface area contributed by atoms with Gasteiger partial charge in [0.1, 0.15) is 0 Å². The SMILES string of the molecule is CC(C)(C(=O)N1CCC(N)C(C)(C)C1)c1cccc(Br)c1. The molecule has 1 amide bonds. The van der Waals surface area contributed by atoms with Crippen LogP contribution in [0.25, 0.3) is 0 Å². The van der Waals surface area contributed by atoms with Crippen LogP contribution >= 0.6 is 15.9 Å². The lowest BCUT2D eigenvalue weighted by Gasteiger charge is -2.45. The summed E-state index contributed by atoms with van der Waals surface area (Å²) in [7, 11) is 0. The predicted octanol–water partition coefficient (Wildman–Crippen LogP) is 3.31. The van der Waals surface area contributed by atoms with E-state index in [-0.39, 0.29) is 17.4 Å². The van der Waals surface area contributed by atoms with Gasteiger partial charge in [-0.05, 0) is 43.4 Å². The molecule has 1 aliphatic heterocycles. The second kappa shape index (κ2) is 5.73. The Hall–Kier alpha value is -0.870. The van der Waals surface area contributed by atoms with Crippen LogP contribution < -0.4 is 5.73 Å². The van der Waals surface area contributed by atoms with Gasteiger partial charge in [0.2, 0.25) is 5.91 Å². The van der Waals surface area contributed by atoms with Crippen LogP contribution in [-0.2, 0) is 10.2 Å². The highest BCUT2D eigenvalue weighted by Gasteiger charge is 2.40. The Morgan fingerprint density at radius 2 is 2.10 bits per heavy atom. The van der Waals surface area contributed by atoms with Crippen molar-refractivity contribution in [3.63, 3.8) is 0 Å². The van der Waals surface area contributed by atoms with Gasteiger partial charge in [0.05, 0.1) is 5.41 Å². The molecule has 3 nitrogen and oxygen atoms in total. The fourth-order valence-corrected chi connectivity index (χ4v) is 3.34. The number of hydrogen-bond acceptors (Lipinski definition) is 2. The van der Waals surface area contributed by atoms with Gasteiger partial charge in [-0.2, -0.15) is 0 Å². The van der Waals surface area contributed by atoms with E-state index >= 15 is 0 Å². The Morgan fingerprint density at radius 3 is 2.67 bits per heavy atom. The Morgan fingerprint density at radius 1 is 1.43 bits per heavy atom. The topological polar surface area (TPSA) is 46.3 Å². The number of carbonyl (C=O) groups excluding carboxylic acids is 1. The molecule has 1 unspecified atom stereocenters. The van der Waals surface area contributed by atoms with Crippen LogP contribution in [0.3, 0.4) is 0 Å². The Balaban J connectivity index is 2.23. The van der Waals surface area contributed by atoms with Crippen molar-refractivity contribution in [1.29, 1.82) is 0 Å². The molecule has 0 aromatic heterocycles. The zero-order valence-corrected chi connectivity index (χ0v) is 14.9. The third-order valence-electron chi connectivity index (χ3n) is 4.68. The van der Waals surface area contributed by atoms with Crippen molar-refractivity contribution in [1.82, 2.24) is 4.90 Å². The average Bonchev–Trinajstić information content (AvgIpc) is 2.41. The number of benzene rings is 1. The molecule has 0 saturated carbocycles. The first kappa shape index (κ1) is 16.5. The first-order chi connectivity index (χ1) is 9.64. The molecule has 0 bridgehead atoms. The van der Waals surface area contributed by atoms with Crippen LogP contribution in [0, 0.1) is 5.41 Å². The molecule has 0 radical (unpaired) electrons. The molecule has 1 atom stereocenters. The molecule has 1 fully saturated rings. The van der Waals surface area contributed by atoms with Gasteiger partial charge in [0, 0.05) is 23.6 Å². The lowest BCUT2D eigenvalue weighted by atomic mass is 9.77. The molecule has 116 valence electrons. The van der Waals surface area contributed by atoms with E-state index in [1.807, 2.05) is 43.0 Å². The van der Waals surface area contributed by atoms with Crippen molar-refractivity contribution in [3.05, 3.63) is 34.3 Å². The molecule has 1 saturated heterocycles. The Labute approximate surface area is 136 Å². The first-order valence-corrected chi connectivity index (χ1v) is 8.25. The fraction of sp³-hybridized carbons (Fsp3) is 0.588. The number of rotatable bonds is 2. The van der Waals surface area contributed by atoms with E-state index in [4.69, 9.17) is 5.73 Å². The Kier molecular flexibility index (Phi) is 4.50. The van der Waals surface area contributed by atoms with E-state index < -0.39 is 5.41 Å². The summed E-state index contributed by atoms with van der Waals surface area (Å²) in [6, 6.07) is 8.16. The smallest absolute Gasteiger partial charge is 0.232 e. The zero-order chi connectivity index (χ0) is 15.8. The van der Waals surface area contributed by atoms with Crippen molar-refractivity contribution in [2.75, 3.05) is 13.1 Å². The van der Waals surface area contributed by atoms with Crippen molar-refractivity contribution in [2.45, 2.75) is 45.6 Å². The average molecular weight is 353 g/mol. The quantitative estimate of drug-likeness (QED) is 0.887. The minimum absolute atomic E-state index is 0.0265. The number of amides is 1. The van der Waals surface area contributed by atoms with Gasteiger partial charge >= 0.3 is 0 Å². The van der Waals surface area contributed by atoms with Gasteiger partial charge < -0.3 is 10.6 Å². The van der Waals surface area contributed by atoms with Crippen LogP contribution in [-0.4, -0.2) is 29.9 Å². The molecule has 21 heavy (non-hydrogen) atoms. The molecule has 1 heterocycles. The maximum absolute atomic E-state index is 13.0. The van der Waals surface area contributed by atoms with Crippen molar-refractivity contribution >= 4 is 21.8 Å². The second-order valence-corrected chi connectivity index (χ2v) is 8.16. The van der Waals surface area contributed by atoms with E-state index in [9.17, 15) is 4.79 Å². The highest BCUT2D eigenvalue weighted by molar-refractivity contribution is 9.10. The van der Waals surface area contributed by atoms with Gasteiger partial charge in [-0.25, -0.2) is 0 Å². The minimum Gasteiger partial charge on any atom is -0.341 e. The molecule has 1 aromatic rings.